The summed E-state index contributed by atoms with van der Waals surface area (Å²) in [7, 11) is 0. The summed E-state index contributed by atoms with van der Waals surface area (Å²) >= 11 is 0. The van der Waals surface area contributed by atoms with Gasteiger partial charge in [-0.1, -0.05) is 24.3 Å². The van der Waals surface area contributed by atoms with Crippen molar-refractivity contribution < 1.29 is 9.47 Å². The number of ether oxygens (including phenoxy) is 2. The number of benzene rings is 1. The fraction of sp³-hybridized carbons (Fsp3) is 0.474. The molecule has 1 aromatic heterocycles. The predicted molar refractivity (Wildman–Crippen MR) is 98.5 cm³/mol. The van der Waals surface area contributed by atoms with Crippen molar-refractivity contribution >= 4 is 5.95 Å². The fourth-order valence-electron chi connectivity index (χ4n) is 3.00. The molecule has 0 bridgehead atoms. The van der Waals surface area contributed by atoms with Gasteiger partial charge in [0.05, 0.1) is 25.0 Å². The highest BCUT2D eigenvalue weighted by Crippen LogP contribution is 2.26. The van der Waals surface area contributed by atoms with E-state index < -0.39 is 0 Å². The summed E-state index contributed by atoms with van der Waals surface area (Å²) in [6.07, 6.45) is 0.0406. The van der Waals surface area contributed by atoms with Crippen LogP contribution in [0.15, 0.2) is 30.3 Å². The quantitative estimate of drug-likeness (QED) is 0.901. The molecule has 0 spiro atoms. The molecule has 2 aromatic rings. The van der Waals surface area contributed by atoms with Crippen LogP contribution in [-0.4, -0.2) is 47.3 Å². The smallest absolute Gasteiger partial charge is 0.223 e. The molecule has 0 aliphatic carbocycles. The van der Waals surface area contributed by atoms with E-state index in [0.717, 1.165) is 37.6 Å². The van der Waals surface area contributed by atoms with E-state index in [-0.39, 0.29) is 12.1 Å². The molecule has 6 nitrogen and oxygen atoms in total. The van der Waals surface area contributed by atoms with Gasteiger partial charge in [-0.05, 0) is 26.3 Å². The number of nitrogens with two attached hydrogens (primary N) is 1. The lowest BCUT2D eigenvalue weighted by Crippen LogP contribution is -2.37. The van der Waals surface area contributed by atoms with E-state index in [9.17, 15) is 0 Å². The Bertz CT molecular complexity index is 697. The molecule has 2 heterocycles. The van der Waals surface area contributed by atoms with E-state index in [4.69, 9.17) is 15.2 Å². The van der Waals surface area contributed by atoms with Crippen molar-refractivity contribution in [1.29, 1.82) is 0 Å². The second-order valence-corrected chi connectivity index (χ2v) is 6.56. The number of hydrogen-bond acceptors (Lipinski definition) is 6. The normalized spacial score (nSPS) is 16.8. The maximum atomic E-state index is 5.83. The Kier molecular flexibility index (Phi) is 5.50. The van der Waals surface area contributed by atoms with Crippen molar-refractivity contribution in [3.63, 3.8) is 0 Å². The van der Waals surface area contributed by atoms with E-state index in [0.29, 0.717) is 11.9 Å². The van der Waals surface area contributed by atoms with Crippen molar-refractivity contribution in [2.24, 2.45) is 0 Å². The Morgan fingerprint density at radius 2 is 1.76 bits per heavy atom. The fourth-order valence-corrected chi connectivity index (χ4v) is 3.00. The zero-order valence-electron chi connectivity index (χ0n) is 15.1. The van der Waals surface area contributed by atoms with Crippen LogP contribution in [0.3, 0.4) is 0 Å². The average molecular weight is 342 g/mol. The van der Waals surface area contributed by atoms with E-state index >= 15 is 0 Å². The maximum absolute atomic E-state index is 5.83. The summed E-state index contributed by atoms with van der Waals surface area (Å²) in [6, 6.07) is 10.7. The Hall–Kier alpha value is -2.18. The minimum atomic E-state index is 0.0406. The minimum absolute atomic E-state index is 0.0406. The molecule has 6 heteroatoms. The standard InChI is InChI=1S/C19H26N4O2/c1-13(2)25-18-12-17(21-19(20)22-18)16-6-4-15(5-7-16)14(3)23-8-10-24-11-9-23/h4-7,12-14H,8-11H2,1-3H3,(H2,20,21,22)/t14-/m0/s1. The van der Waals surface area contributed by atoms with Gasteiger partial charge in [0.25, 0.3) is 0 Å². The predicted octanol–water partition coefficient (Wildman–Crippen LogP) is 2.91. The summed E-state index contributed by atoms with van der Waals surface area (Å²) in [5, 5.41) is 0. The monoisotopic (exact) mass is 342 g/mol. The van der Waals surface area contributed by atoms with Crippen molar-refractivity contribution in [2.75, 3.05) is 32.0 Å². The number of anilines is 1. The molecule has 1 aliphatic rings. The summed E-state index contributed by atoms with van der Waals surface area (Å²) in [5.41, 5.74) is 8.88. The van der Waals surface area contributed by atoms with Gasteiger partial charge < -0.3 is 15.2 Å². The molecule has 0 amide bonds. The minimum Gasteiger partial charge on any atom is -0.475 e. The molecule has 1 aromatic carbocycles. The van der Waals surface area contributed by atoms with E-state index in [1.54, 1.807) is 0 Å². The molecule has 3 rings (SSSR count). The van der Waals surface area contributed by atoms with Crippen molar-refractivity contribution in [1.82, 2.24) is 14.9 Å². The lowest BCUT2D eigenvalue weighted by molar-refractivity contribution is 0.0198. The Labute approximate surface area is 149 Å². The van der Waals surface area contributed by atoms with Crippen LogP contribution in [0, 0.1) is 0 Å². The van der Waals surface area contributed by atoms with Gasteiger partial charge in [-0.3, -0.25) is 4.90 Å². The molecule has 2 N–H and O–H groups in total. The summed E-state index contributed by atoms with van der Waals surface area (Å²) in [4.78, 5) is 10.9. The second kappa shape index (κ2) is 7.80. The lowest BCUT2D eigenvalue weighted by atomic mass is 10.0. The first-order valence-corrected chi connectivity index (χ1v) is 8.76. The van der Waals surface area contributed by atoms with Crippen molar-refractivity contribution in [2.45, 2.75) is 32.9 Å². The van der Waals surface area contributed by atoms with Crippen LogP contribution < -0.4 is 10.5 Å². The number of nitrogen functional groups attached to an aromatic ring is 1. The molecule has 1 atom stereocenters. The number of nitrogens with zero attached hydrogens (tertiary/aromatic N) is 3. The molecule has 134 valence electrons. The van der Waals surface area contributed by atoms with Crippen LogP contribution >= 0.6 is 0 Å². The van der Waals surface area contributed by atoms with Gasteiger partial charge in [0, 0.05) is 30.8 Å². The van der Waals surface area contributed by atoms with Crippen LogP contribution in [0.25, 0.3) is 11.3 Å². The van der Waals surface area contributed by atoms with Gasteiger partial charge in [-0.25, -0.2) is 4.98 Å². The average Bonchev–Trinajstić information content (AvgIpc) is 2.61. The molecule has 0 radical (unpaired) electrons. The summed E-state index contributed by atoms with van der Waals surface area (Å²) in [5.74, 6) is 0.724. The van der Waals surface area contributed by atoms with E-state index in [2.05, 4.69) is 46.1 Å². The zero-order chi connectivity index (χ0) is 17.8. The number of hydrogen-bond donors (Lipinski definition) is 1. The Morgan fingerprint density at radius 3 is 2.40 bits per heavy atom. The zero-order valence-corrected chi connectivity index (χ0v) is 15.1. The lowest BCUT2D eigenvalue weighted by Gasteiger charge is -2.32. The van der Waals surface area contributed by atoms with Crippen LogP contribution in [-0.2, 0) is 4.74 Å². The molecule has 1 aliphatic heterocycles. The highest BCUT2D eigenvalue weighted by molar-refractivity contribution is 5.61. The number of rotatable bonds is 5. The second-order valence-electron chi connectivity index (χ2n) is 6.56. The van der Waals surface area contributed by atoms with Gasteiger partial charge >= 0.3 is 0 Å². The highest BCUT2D eigenvalue weighted by atomic mass is 16.5. The van der Waals surface area contributed by atoms with Crippen molar-refractivity contribution in [3.8, 4) is 17.1 Å². The van der Waals surface area contributed by atoms with Crippen LogP contribution in [0.1, 0.15) is 32.4 Å². The molecule has 0 saturated carbocycles. The van der Waals surface area contributed by atoms with Crippen molar-refractivity contribution in [3.05, 3.63) is 35.9 Å². The first-order chi connectivity index (χ1) is 12.0. The van der Waals surface area contributed by atoms with Gasteiger partial charge in [0.1, 0.15) is 0 Å². The number of aromatic nitrogens is 2. The topological polar surface area (TPSA) is 73.5 Å². The third-order valence-electron chi connectivity index (χ3n) is 4.36. The van der Waals surface area contributed by atoms with Gasteiger partial charge in [0.2, 0.25) is 11.8 Å². The molecule has 0 unspecified atom stereocenters. The van der Waals surface area contributed by atoms with Crippen LogP contribution in [0.2, 0.25) is 0 Å². The molecular weight excluding hydrogens is 316 g/mol. The van der Waals surface area contributed by atoms with E-state index in [1.807, 2.05) is 19.9 Å². The molecule has 1 saturated heterocycles. The maximum Gasteiger partial charge on any atom is 0.223 e. The molecule has 1 fully saturated rings. The molecular formula is C19H26N4O2. The third-order valence-corrected chi connectivity index (χ3v) is 4.36. The van der Waals surface area contributed by atoms with Crippen LogP contribution in [0.4, 0.5) is 5.95 Å². The Morgan fingerprint density at radius 1 is 1.08 bits per heavy atom. The van der Waals surface area contributed by atoms with Gasteiger partial charge in [0.15, 0.2) is 0 Å². The third kappa shape index (κ3) is 4.46. The largest absolute Gasteiger partial charge is 0.475 e. The molecule has 25 heavy (non-hydrogen) atoms. The SMILES string of the molecule is CC(C)Oc1cc(-c2ccc([C@H](C)N3CCOCC3)cc2)nc(N)n1. The Balaban J connectivity index is 1.79. The first-order valence-electron chi connectivity index (χ1n) is 8.76. The highest BCUT2D eigenvalue weighted by Gasteiger charge is 2.18. The first kappa shape index (κ1) is 17.6. The number of morpholine rings is 1. The summed E-state index contributed by atoms with van der Waals surface area (Å²) in [6.45, 7) is 9.71. The summed E-state index contributed by atoms with van der Waals surface area (Å²) < 4.78 is 11.1. The van der Waals surface area contributed by atoms with E-state index in [1.165, 1.54) is 5.56 Å². The van der Waals surface area contributed by atoms with Crippen LogP contribution in [0.5, 0.6) is 5.88 Å². The van der Waals surface area contributed by atoms with Gasteiger partial charge in [-0.2, -0.15) is 4.98 Å². The van der Waals surface area contributed by atoms with Gasteiger partial charge in [-0.15, -0.1) is 0 Å².